The van der Waals surface area contributed by atoms with Gasteiger partial charge in [0.2, 0.25) is 11.8 Å². The summed E-state index contributed by atoms with van der Waals surface area (Å²) in [5.41, 5.74) is 1.99. The molecule has 3 aromatic carbocycles. The van der Waals surface area contributed by atoms with Gasteiger partial charge in [-0.05, 0) is 68.1 Å². The second-order valence-electron chi connectivity index (χ2n) is 9.61. The lowest BCUT2D eigenvalue weighted by molar-refractivity contribution is -0.140. The number of benzene rings is 3. The minimum atomic E-state index is -4.19. The van der Waals surface area contributed by atoms with Gasteiger partial charge in [0.25, 0.3) is 10.0 Å². The number of halogens is 2. The highest BCUT2D eigenvalue weighted by molar-refractivity contribution is 7.92. The van der Waals surface area contributed by atoms with E-state index in [1.807, 2.05) is 52.0 Å². The monoisotopic (exact) mass is 603 g/mol. The van der Waals surface area contributed by atoms with Crippen LogP contribution in [-0.4, -0.2) is 43.8 Å². The van der Waals surface area contributed by atoms with Crippen LogP contribution in [0.2, 0.25) is 10.0 Å². The van der Waals surface area contributed by atoms with Crippen molar-refractivity contribution in [2.24, 2.45) is 0 Å². The normalized spacial score (nSPS) is 12.8. The first-order valence-corrected chi connectivity index (χ1v) is 15.4. The lowest BCUT2D eigenvalue weighted by Crippen LogP contribution is -2.53. The predicted octanol–water partition coefficient (Wildman–Crippen LogP) is 6.22. The number of carbonyl (C=O) groups excluding carboxylic acids is 2. The molecule has 214 valence electrons. The molecule has 0 aromatic heterocycles. The first kappa shape index (κ1) is 31.5. The van der Waals surface area contributed by atoms with E-state index in [1.54, 1.807) is 18.2 Å². The van der Waals surface area contributed by atoms with Gasteiger partial charge >= 0.3 is 0 Å². The fraction of sp³-hybridized carbons (Fsp3) is 0.333. The summed E-state index contributed by atoms with van der Waals surface area (Å²) in [6, 6.07) is 19.0. The molecule has 0 spiro atoms. The van der Waals surface area contributed by atoms with Crippen LogP contribution < -0.4 is 9.62 Å². The molecule has 3 rings (SSSR count). The minimum Gasteiger partial charge on any atom is -0.352 e. The molecule has 0 saturated heterocycles. The van der Waals surface area contributed by atoms with Crippen molar-refractivity contribution < 1.29 is 18.0 Å². The fourth-order valence-corrected chi connectivity index (χ4v) is 5.94. The van der Waals surface area contributed by atoms with Crippen LogP contribution >= 0.6 is 23.2 Å². The highest BCUT2D eigenvalue weighted by atomic mass is 35.5. The molecule has 0 saturated carbocycles. The molecule has 0 unspecified atom stereocenters. The Balaban J connectivity index is 2.08. The molecule has 0 radical (unpaired) electrons. The standard InChI is InChI=1S/C30H35Cl2N3O4S/c1-5-22(4)33-30(37)28(6-2)34(19-23-13-11-10-12-21(23)3)29(36)20-35(24-16-17-26(31)27(32)18-24)40(38,39)25-14-8-7-9-15-25/h7-18,22,28H,5-6,19-20H2,1-4H3,(H,33,37)/t22-,28-/m1/s1. The molecule has 0 fully saturated rings. The van der Waals surface area contributed by atoms with Crippen molar-refractivity contribution in [2.75, 3.05) is 10.8 Å². The molecule has 7 nitrogen and oxygen atoms in total. The summed E-state index contributed by atoms with van der Waals surface area (Å²) < 4.78 is 28.7. The summed E-state index contributed by atoms with van der Waals surface area (Å²) in [5.74, 6) is -0.814. The fourth-order valence-electron chi connectivity index (χ4n) is 4.22. The largest absolute Gasteiger partial charge is 0.352 e. The maximum absolute atomic E-state index is 14.1. The second-order valence-corrected chi connectivity index (χ2v) is 12.3. The van der Waals surface area contributed by atoms with Crippen molar-refractivity contribution in [3.63, 3.8) is 0 Å². The first-order valence-electron chi connectivity index (χ1n) is 13.2. The van der Waals surface area contributed by atoms with Gasteiger partial charge in [-0.25, -0.2) is 8.42 Å². The molecule has 10 heteroatoms. The molecule has 1 N–H and O–H groups in total. The van der Waals surface area contributed by atoms with Gasteiger partial charge in [0, 0.05) is 12.6 Å². The SMILES string of the molecule is CC[C@@H](C)NC(=O)[C@@H](CC)N(Cc1ccccc1C)C(=O)CN(c1ccc(Cl)c(Cl)c1)S(=O)(=O)c1ccccc1. The van der Waals surface area contributed by atoms with Crippen molar-refractivity contribution in [3.05, 3.63) is 94.0 Å². The van der Waals surface area contributed by atoms with E-state index in [0.717, 1.165) is 21.9 Å². The van der Waals surface area contributed by atoms with E-state index in [0.29, 0.717) is 6.42 Å². The second kappa shape index (κ2) is 14.0. The summed E-state index contributed by atoms with van der Waals surface area (Å²) in [5, 5.41) is 3.38. The number of rotatable bonds is 12. The molecular weight excluding hydrogens is 569 g/mol. The lowest BCUT2D eigenvalue weighted by atomic mass is 10.1. The molecule has 2 atom stereocenters. The molecule has 0 aliphatic rings. The highest BCUT2D eigenvalue weighted by Crippen LogP contribution is 2.31. The summed E-state index contributed by atoms with van der Waals surface area (Å²) in [7, 11) is -4.19. The number of amides is 2. The van der Waals surface area contributed by atoms with Gasteiger partial charge in [0.1, 0.15) is 12.6 Å². The zero-order valence-electron chi connectivity index (χ0n) is 23.1. The third-order valence-corrected chi connectivity index (χ3v) is 9.32. The van der Waals surface area contributed by atoms with Crippen molar-refractivity contribution in [1.82, 2.24) is 10.2 Å². The van der Waals surface area contributed by atoms with Crippen LogP contribution in [0.3, 0.4) is 0 Å². The lowest BCUT2D eigenvalue weighted by Gasteiger charge is -2.34. The van der Waals surface area contributed by atoms with Gasteiger partial charge in [-0.3, -0.25) is 13.9 Å². The highest BCUT2D eigenvalue weighted by Gasteiger charge is 2.34. The van der Waals surface area contributed by atoms with E-state index < -0.39 is 28.5 Å². The Morgan fingerprint density at radius 2 is 1.55 bits per heavy atom. The number of aryl methyl sites for hydroxylation is 1. The zero-order valence-corrected chi connectivity index (χ0v) is 25.4. The number of anilines is 1. The number of carbonyl (C=O) groups is 2. The number of hydrogen-bond donors (Lipinski definition) is 1. The maximum Gasteiger partial charge on any atom is 0.264 e. The van der Waals surface area contributed by atoms with Crippen LogP contribution in [-0.2, 0) is 26.2 Å². The topological polar surface area (TPSA) is 86.8 Å². The number of hydrogen-bond acceptors (Lipinski definition) is 4. The van der Waals surface area contributed by atoms with Crippen LogP contribution in [0.4, 0.5) is 5.69 Å². The number of nitrogens with one attached hydrogen (secondary N) is 1. The Kier molecular flexibility index (Phi) is 11.0. The summed E-state index contributed by atoms with van der Waals surface area (Å²) >= 11 is 12.4. The molecule has 0 aliphatic heterocycles. The van der Waals surface area contributed by atoms with Gasteiger partial charge in [-0.2, -0.15) is 0 Å². The quantitative estimate of drug-likeness (QED) is 0.266. The summed E-state index contributed by atoms with van der Waals surface area (Å²) in [4.78, 5) is 28.9. The molecule has 3 aromatic rings. The van der Waals surface area contributed by atoms with Crippen LogP contribution in [0.1, 0.15) is 44.7 Å². The first-order chi connectivity index (χ1) is 19.0. The average molecular weight is 605 g/mol. The van der Waals surface area contributed by atoms with E-state index in [2.05, 4.69) is 5.32 Å². The Morgan fingerprint density at radius 1 is 0.900 bits per heavy atom. The van der Waals surface area contributed by atoms with Crippen LogP contribution in [0.5, 0.6) is 0 Å². The Bertz CT molecular complexity index is 1430. The zero-order chi connectivity index (χ0) is 29.4. The average Bonchev–Trinajstić information content (AvgIpc) is 2.94. The van der Waals surface area contributed by atoms with Gasteiger partial charge in [0.15, 0.2) is 0 Å². The van der Waals surface area contributed by atoms with E-state index in [1.165, 1.54) is 35.2 Å². The maximum atomic E-state index is 14.1. The van der Waals surface area contributed by atoms with Gasteiger partial charge < -0.3 is 10.2 Å². The number of nitrogens with zero attached hydrogens (tertiary/aromatic N) is 2. The molecule has 0 aliphatic carbocycles. The molecular formula is C30H35Cl2N3O4S. The molecule has 0 bridgehead atoms. The van der Waals surface area contributed by atoms with Crippen LogP contribution in [0.25, 0.3) is 0 Å². The van der Waals surface area contributed by atoms with Gasteiger partial charge in [-0.15, -0.1) is 0 Å². The van der Waals surface area contributed by atoms with Gasteiger partial charge in [-0.1, -0.05) is 79.5 Å². The van der Waals surface area contributed by atoms with Crippen molar-refractivity contribution in [3.8, 4) is 0 Å². The molecule has 0 heterocycles. The molecule has 2 amide bonds. The van der Waals surface area contributed by atoms with E-state index in [9.17, 15) is 18.0 Å². The van der Waals surface area contributed by atoms with Crippen LogP contribution in [0, 0.1) is 6.92 Å². The molecule has 40 heavy (non-hydrogen) atoms. The Labute approximate surface area is 247 Å². The summed E-state index contributed by atoms with van der Waals surface area (Å²) in [6.45, 7) is 7.21. The smallest absolute Gasteiger partial charge is 0.264 e. The van der Waals surface area contributed by atoms with Crippen molar-refractivity contribution in [1.29, 1.82) is 0 Å². The predicted molar refractivity (Wildman–Crippen MR) is 161 cm³/mol. The third kappa shape index (κ3) is 7.56. The summed E-state index contributed by atoms with van der Waals surface area (Å²) in [6.07, 6.45) is 1.08. The Hall–Kier alpha value is -3.07. The minimum absolute atomic E-state index is 0.0147. The van der Waals surface area contributed by atoms with Crippen molar-refractivity contribution in [2.45, 2.75) is 64.1 Å². The van der Waals surface area contributed by atoms with E-state index >= 15 is 0 Å². The van der Waals surface area contributed by atoms with E-state index in [4.69, 9.17) is 23.2 Å². The van der Waals surface area contributed by atoms with E-state index in [-0.39, 0.29) is 39.1 Å². The number of sulfonamides is 1. The Morgan fingerprint density at radius 3 is 2.15 bits per heavy atom. The van der Waals surface area contributed by atoms with Gasteiger partial charge in [0.05, 0.1) is 20.6 Å². The van der Waals surface area contributed by atoms with Crippen LogP contribution in [0.15, 0.2) is 77.7 Å². The third-order valence-electron chi connectivity index (χ3n) is 6.79. The van der Waals surface area contributed by atoms with Crippen molar-refractivity contribution >= 4 is 50.7 Å².